The molecule has 1 aromatic heterocycles. The first-order valence-corrected chi connectivity index (χ1v) is 10.5. The maximum Gasteiger partial charge on any atom is 0.252 e. The molecular formula is C23H25ClN4O3. The van der Waals surface area contributed by atoms with Crippen molar-refractivity contribution in [2.45, 2.75) is 32.7 Å². The van der Waals surface area contributed by atoms with E-state index in [1.165, 1.54) is 13.0 Å². The molecule has 1 unspecified atom stereocenters. The molecule has 0 saturated carbocycles. The highest BCUT2D eigenvalue weighted by atomic mass is 35.5. The van der Waals surface area contributed by atoms with E-state index in [-0.39, 0.29) is 22.7 Å². The number of nitrogens with one attached hydrogen (secondary N) is 4. The summed E-state index contributed by atoms with van der Waals surface area (Å²) in [7, 11) is 0. The minimum Gasteiger partial charge on any atom is -0.361 e. The van der Waals surface area contributed by atoms with Crippen LogP contribution in [0.3, 0.4) is 0 Å². The quantitative estimate of drug-likeness (QED) is 0.430. The van der Waals surface area contributed by atoms with E-state index in [1.54, 1.807) is 12.1 Å². The summed E-state index contributed by atoms with van der Waals surface area (Å²) in [6, 6.07) is 11.7. The van der Waals surface area contributed by atoms with Crippen LogP contribution >= 0.6 is 11.6 Å². The van der Waals surface area contributed by atoms with Gasteiger partial charge < -0.3 is 20.9 Å². The van der Waals surface area contributed by atoms with Crippen LogP contribution in [0.5, 0.6) is 0 Å². The number of aromatic amines is 1. The molecule has 0 saturated heterocycles. The molecule has 0 fully saturated rings. The van der Waals surface area contributed by atoms with Crippen molar-refractivity contribution in [3.05, 3.63) is 64.8 Å². The zero-order valence-corrected chi connectivity index (χ0v) is 18.2. The van der Waals surface area contributed by atoms with Crippen molar-refractivity contribution in [2.24, 2.45) is 0 Å². The zero-order chi connectivity index (χ0) is 22.4. The summed E-state index contributed by atoms with van der Waals surface area (Å²) in [5, 5.41) is 9.49. The molecule has 0 bridgehead atoms. The number of rotatable bonds is 8. The lowest BCUT2D eigenvalue weighted by Gasteiger charge is -2.18. The molecule has 4 N–H and O–H groups in total. The lowest BCUT2D eigenvalue weighted by Crippen LogP contribution is -2.44. The Balaban J connectivity index is 1.75. The Morgan fingerprint density at radius 3 is 2.61 bits per heavy atom. The van der Waals surface area contributed by atoms with Gasteiger partial charge in [0.15, 0.2) is 0 Å². The van der Waals surface area contributed by atoms with Crippen LogP contribution in [0, 0.1) is 0 Å². The van der Waals surface area contributed by atoms with Crippen molar-refractivity contribution >= 4 is 45.9 Å². The molecule has 0 spiro atoms. The molecule has 162 valence electrons. The summed E-state index contributed by atoms with van der Waals surface area (Å²) < 4.78 is 0. The van der Waals surface area contributed by atoms with Gasteiger partial charge in [0, 0.05) is 42.7 Å². The third-order valence-corrected chi connectivity index (χ3v) is 5.12. The number of aromatic nitrogens is 1. The van der Waals surface area contributed by atoms with Gasteiger partial charge in [-0.15, -0.1) is 0 Å². The fraction of sp³-hybridized carbons (Fsp3) is 0.261. The monoisotopic (exact) mass is 440 g/mol. The van der Waals surface area contributed by atoms with Gasteiger partial charge >= 0.3 is 0 Å². The van der Waals surface area contributed by atoms with Gasteiger partial charge in [0.25, 0.3) is 5.91 Å². The molecule has 0 aliphatic heterocycles. The van der Waals surface area contributed by atoms with Crippen molar-refractivity contribution in [3.63, 3.8) is 0 Å². The number of anilines is 1. The Hall–Kier alpha value is -3.32. The van der Waals surface area contributed by atoms with Gasteiger partial charge in [0.2, 0.25) is 11.8 Å². The molecule has 1 atom stereocenters. The van der Waals surface area contributed by atoms with E-state index in [9.17, 15) is 14.4 Å². The average Bonchev–Trinajstić information content (AvgIpc) is 3.14. The molecule has 0 aliphatic carbocycles. The molecular weight excluding hydrogens is 416 g/mol. The molecule has 7 nitrogen and oxygen atoms in total. The first kappa shape index (κ1) is 22.4. The van der Waals surface area contributed by atoms with Gasteiger partial charge in [-0.2, -0.15) is 0 Å². The fourth-order valence-corrected chi connectivity index (χ4v) is 3.58. The average molecular weight is 441 g/mol. The normalized spacial score (nSPS) is 11.7. The predicted molar refractivity (Wildman–Crippen MR) is 122 cm³/mol. The minimum absolute atomic E-state index is 0.235. The lowest BCUT2D eigenvalue weighted by atomic mass is 10.0. The summed E-state index contributed by atoms with van der Waals surface area (Å²) in [5.74, 6) is -0.944. The van der Waals surface area contributed by atoms with Gasteiger partial charge in [0.1, 0.15) is 6.04 Å². The number of H-pyrrole nitrogens is 1. The second kappa shape index (κ2) is 10.1. The van der Waals surface area contributed by atoms with Crippen LogP contribution in [0.15, 0.2) is 48.7 Å². The van der Waals surface area contributed by atoms with Crippen molar-refractivity contribution in [2.75, 3.05) is 11.9 Å². The van der Waals surface area contributed by atoms with Crippen LogP contribution < -0.4 is 16.0 Å². The van der Waals surface area contributed by atoms with Crippen molar-refractivity contribution < 1.29 is 14.4 Å². The smallest absolute Gasteiger partial charge is 0.252 e. The summed E-state index contributed by atoms with van der Waals surface area (Å²) in [4.78, 5) is 39.9. The van der Waals surface area contributed by atoms with Crippen LogP contribution in [-0.4, -0.2) is 35.3 Å². The lowest BCUT2D eigenvalue weighted by molar-refractivity contribution is -0.125. The van der Waals surface area contributed by atoms with Crippen molar-refractivity contribution in [1.29, 1.82) is 0 Å². The molecule has 8 heteroatoms. The first-order chi connectivity index (χ1) is 14.9. The van der Waals surface area contributed by atoms with Crippen LogP contribution in [0.25, 0.3) is 10.9 Å². The number of carbonyl (C=O) groups is 3. The van der Waals surface area contributed by atoms with Crippen LogP contribution in [0.4, 0.5) is 5.69 Å². The fourth-order valence-electron chi connectivity index (χ4n) is 3.32. The van der Waals surface area contributed by atoms with Crippen LogP contribution in [0.1, 0.15) is 36.2 Å². The number of hydrogen-bond acceptors (Lipinski definition) is 3. The number of fused-ring (bicyclic) bond motifs is 1. The van der Waals surface area contributed by atoms with E-state index in [4.69, 9.17) is 11.6 Å². The number of benzene rings is 2. The Bertz CT molecular complexity index is 1110. The van der Waals surface area contributed by atoms with Gasteiger partial charge in [0.05, 0.1) is 10.6 Å². The summed E-state index contributed by atoms with van der Waals surface area (Å²) >= 11 is 6.24. The number of hydrogen-bond donors (Lipinski definition) is 4. The second-order valence-electron chi connectivity index (χ2n) is 7.26. The highest BCUT2D eigenvalue weighted by Gasteiger charge is 2.22. The zero-order valence-electron chi connectivity index (χ0n) is 17.4. The Labute approximate surface area is 185 Å². The van der Waals surface area contributed by atoms with Gasteiger partial charge in [-0.3, -0.25) is 14.4 Å². The minimum atomic E-state index is -0.775. The highest BCUT2D eigenvalue weighted by Crippen LogP contribution is 2.22. The van der Waals surface area contributed by atoms with Gasteiger partial charge in [-0.1, -0.05) is 36.7 Å². The van der Waals surface area contributed by atoms with E-state index in [0.29, 0.717) is 24.2 Å². The highest BCUT2D eigenvalue weighted by molar-refractivity contribution is 6.34. The van der Waals surface area contributed by atoms with Crippen LogP contribution in [-0.2, 0) is 16.0 Å². The predicted octanol–water partition coefficient (Wildman–Crippen LogP) is 3.65. The van der Waals surface area contributed by atoms with Crippen molar-refractivity contribution in [3.8, 4) is 0 Å². The van der Waals surface area contributed by atoms with E-state index in [1.807, 2.05) is 37.4 Å². The maximum absolute atomic E-state index is 12.9. The van der Waals surface area contributed by atoms with Crippen molar-refractivity contribution in [1.82, 2.24) is 15.6 Å². The SMILES string of the molecule is CCCNC(=O)c1ccc(NC(=O)C(Cc2c[nH]c3ccccc23)NC(C)=O)cc1Cl. The third-order valence-electron chi connectivity index (χ3n) is 4.81. The molecule has 31 heavy (non-hydrogen) atoms. The van der Waals surface area contributed by atoms with E-state index >= 15 is 0 Å². The van der Waals surface area contributed by atoms with E-state index in [2.05, 4.69) is 20.9 Å². The topological polar surface area (TPSA) is 103 Å². The standard InChI is InChI=1S/C23H25ClN4O3/c1-3-10-25-22(30)18-9-8-16(12-19(18)24)28-23(31)21(27-14(2)29)11-15-13-26-20-7-5-4-6-17(15)20/h4-9,12-13,21,26H,3,10-11H2,1-2H3,(H,25,30)(H,27,29)(H,28,31). The largest absolute Gasteiger partial charge is 0.361 e. The number of amides is 3. The number of para-hydroxylation sites is 1. The van der Waals surface area contributed by atoms with Gasteiger partial charge in [-0.25, -0.2) is 0 Å². The summed E-state index contributed by atoms with van der Waals surface area (Å²) in [6.07, 6.45) is 2.98. The third kappa shape index (κ3) is 5.64. The van der Waals surface area contributed by atoms with Gasteiger partial charge in [-0.05, 0) is 36.2 Å². The molecule has 3 rings (SSSR count). The summed E-state index contributed by atoms with van der Waals surface area (Å²) in [6.45, 7) is 3.89. The van der Waals surface area contributed by atoms with E-state index in [0.717, 1.165) is 22.9 Å². The Morgan fingerprint density at radius 1 is 1.13 bits per heavy atom. The molecule has 0 aliphatic rings. The summed E-state index contributed by atoms with van der Waals surface area (Å²) in [5.41, 5.74) is 2.66. The molecule has 3 amide bonds. The van der Waals surface area contributed by atoms with E-state index < -0.39 is 6.04 Å². The van der Waals surface area contributed by atoms with Crippen LogP contribution in [0.2, 0.25) is 5.02 Å². The molecule has 3 aromatic rings. The number of halogens is 1. The number of carbonyl (C=O) groups excluding carboxylic acids is 3. The molecule has 1 heterocycles. The molecule has 2 aromatic carbocycles. The Kier molecular flexibility index (Phi) is 7.31. The first-order valence-electron chi connectivity index (χ1n) is 10.1. The Morgan fingerprint density at radius 2 is 1.90 bits per heavy atom. The maximum atomic E-state index is 12.9. The molecule has 0 radical (unpaired) electrons. The second-order valence-corrected chi connectivity index (χ2v) is 7.66.